The molecule has 2 aromatic carbocycles. The first-order chi connectivity index (χ1) is 8.97. The molecule has 2 rings (SSSR count). The van der Waals surface area contributed by atoms with Crippen molar-refractivity contribution < 1.29 is 9.18 Å². The maximum Gasteiger partial charge on any atom is 0.257 e. The third-order valence-corrected chi connectivity index (χ3v) is 3.21. The molecule has 0 unspecified atom stereocenters. The molecule has 2 aromatic rings. The number of rotatable bonds is 2. The van der Waals surface area contributed by atoms with Crippen LogP contribution in [-0.2, 0) is 0 Å². The highest BCUT2D eigenvalue weighted by Crippen LogP contribution is 2.23. The van der Waals surface area contributed by atoms with Crippen LogP contribution >= 0.6 is 35.8 Å². The predicted octanol–water partition coefficient (Wildman–Crippen LogP) is 4.67. The van der Waals surface area contributed by atoms with E-state index in [1.807, 2.05) is 0 Å². The van der Waals surface area contributed by atoms with E-state index in [9.17, 15) is 9.18 Å². The van der Waals surface area contributed by atoms with Crippen molar-refractivity contribution in [2.75, 3.05) is 5.32 Å². The zero-order chi connectivity index (χ0) is 14.0. The van der Waals surface area contributed by atoms with E-state index in [-0.39, 0.29) is 16.3 Å². The number of halogens is 3. The fourth-order valence-electron chi connectivity index (χ4n) is 1.47. The molecule has 0 atom stereocenters. The third kappa shape index (κ3) is 3.41. The number of amides is 1. The first-order valence-electron chi connectivity index (χ1n) is 5.22. The van der Waals surface area contributed by atoms with E-state index in [0.717, 1.165) is 0 Å². The van der Waals surface area contributed by atoms with Crippen molar-refractivity contribution in [3.63, 3.8) is 0 Å². The molecule has 2 nitrogen and oxygen atoms in total. The molecule has 0 heterocycles. The lowest BCUT2D eigenvalue weighted by Crippen LogP contribution is -2.13. The lowest BCUT2D eigenvalue weighted by atomic mass is 10.2. The van der Waals surface area contributed by atoms with Gasteiger partial charge in [-0.1, -0.05) is 23.2 Å². The molecule has 0 radical (unpaired) electrons. The van der Waals surface area contributed by atoms with Crippen LogP contribution in [0.1, 0.15) is 10.4 Å². The van der Waals surface area contributed by atoms with Crippen LogP contribution in [0.4, 0.5) is 10.1 Å². The summed E-state index contributed by atoms with van der Waals surface area (Å²) in [7, 11) is 0. The number of anilines is 1. The molecule has 98 valence electrons. The van der Waals surface area contributed by atoms with Crippen LogP contribution in [0.15, 0.2) is 41.3 Å². The molecular weight excluding hydrogens is 308 g/mol. The lowest BCUT2D eigenvalue weighted by Gasteiger charge is -2.08. The van der Waals surface area contributed by atoms with Gasteiger partial charge >= 0.3 is 0 Å². The Morgan fingerprint density at radius 1 is 1.16 bits per heavy atom. The van der Waals surface area contributed by atoms with Gasteiger partial charge in [-0.2, -0.15) is 0 Å². The monoisotopic (exact) mass is 315 g/mol. The average Bonchev–Trinajstić information content (AvgIpc) is 2.36. The van der Waals surface area contributed by atoms with Crippen LogP contribution in [0.25, 0.3) is 0 Å². The van der Waals surface area contributed by atoms with Crippen LogP contribution in [0.2, 0.25) is 10.0 Å². The van der Waals surface area contributed by atoms with E-state index in [4.69, 9.17) is 23.2 Å². The Morgan fingerprint density at radius 3 is 2.63 bits per heavy atom. The Kier molecular flexibility index (Phi) is 4.34. The molecular formula is C13H8Cl2FNOS. The summed E-state index contributed by atoms with van der Waals surface area (Å²) >= 11 is 15.8. The van der Waals surface area contributed by atoms with Crippen LogP contribution in [0.3, 0.4) is 0 Å². The number of benzene rings is 2. The lowest BCUT2D eigenvalue weighted by molar-refractivity contribution is 0.102. The Hall–Kier alpha value is -1.23. The summed E-state index contributed by atoms with van der Waals surface area (Å²) < 4.78 is 13.5. The van der Waals surface area contributed by atoms with Crippen molar-refractivity contribution in [2.45, 2.75) is 4.90 Å². The van der Waals surface area contributed by atoms with E-state index < -0.39 is 11.7 Å². The Morgan fingerprint density at radius 2 is 1.89 bits per heavy atom. The van der Waals surface area contributed by atoms with Crippen molar-refractivity contribution in [3.05, 3.63) is 57.8 Å². The molecule has 0 spiro atoms. The summed E-state index contributed by atoms with van der Waals surface area (Å²) in [4.78, 5) is 12.6. The average molecular weight is 316 g/mol. The number of hydrogen-bond acceptors (Lipinski definition) is 2. The van der Waals surface area contributed by atoms with Crippen molar-refractivity contribution in [1.82, 2.24) is 0 Å². The SMILES string of the molecule is O=C(Nc1cc(Cl)ccc1F)c1cc(S)ccc1Cl. The van der Waals surface area contributed by atoms with Crippen molar-refractivity contribution >= 4 is 47.4 Å². The smallest absolute Gasteiger partial charge is 0.257 e. The number of thiol groups is 1. The molecule has 0 aliphatic heterocycles. The van der Waals surface area contributed by atoms with Gasteiger partial charge in [0.1, 0.15) is 5.82 Å². The Labute approximate surface area is 124 Å². The van der Waals surface area contributed by atoms with Gasteiger partial charge in [0.2, 0.25) is 0 Å². The highest BCUT2D eigenvalue weighted by Gasteiger charge is 2.13. The maximum absolute atomic E-state index is 13.5. The summed E-state index contributed by atoms with van der Waals surface area (Å²) in [6.45, 7) is 0. The summed E-state index contributed by atoms with van der Waals surface area (Å²) in [5, 5.41) is 3.01. The fraction of sp³-hybridized carbons (Fsp3) is 0. The molecule has 0 fully saturated rings. The van der Waals surface area contributed by atoms with E-state index in [2.05, 4.69) is 17.9 Å². The molecule has 1 N–H and O–H groups in total. The van der Waals surface area contributed by atoms with Gasteiger partial charge in [-0.3, -0.25) is 4.79 Å². The number of nitrogens with one attached hydrogen (secondary N) is 1. The quantitative estimate of drug-likeness (QED) is 0.774. The minimum Gasteiger partial charge on any atom is -0.319 e. The van der Waals surface area contributed by atoms with E-state index in [1.165, 1.54) is 24.3 Å². The minimum atomic E-state index is -0.573. The van der Waals surface area contributed by atoms with Crippen LogP contribution in [0, 0.1) is 5.82 Å². The van der Waals surface area contributed by atoms with Crippen molar-refractivity contribution in [2.24, 2.45) is 0 Å². The Bertz CT molecular complexity index is 649. The molecule has 0 aromatic heterocycles. The molecule has 0 aliphatic carbocycles. The van der Waals surface area contributed by atoms with Crippen molar-refractivity contribution in [3.8, 4) is 0 Å². The second kappa shape index (κ2) is 5.82. The molecule has 1 amide bonds. The third-order valence-electron chi connectivity index (χ3n) is 2.37. The Balaban J connectivity index is 2.30. The molecule has 0 saturated heterocycles. The topological polar surface area (TPSA) is 29.1 Å². The van der Waals surface area contributed by atoms with E-state index in [1.54, 1.807) is 12.1 Å². The first kappa shape index (κ1) is 14.2. The highest BCUT2D eigenvalue weighted by atomic mass is 35.5. The fourth-order valence-corrected chi connectivity index (χ4v) is 2.05. The number of carbonyl (C=O) groups is 1. The van der Waals surface area contributed by atoms with Gasteiger partial charge < -0.3 is 5.32 Å². The molecule has 6 heteroatoms. The van der Waals surface area contributed by atoms with Gasteiger partial charge in [-0.25, -0.2) is 4.39 Å². The summed E-state index contributed by atoms with van der Waals surface area (Å²) in [5.41, 5.74) is 0.215. The molecule has 0 saturated carbocycles. The van der Waals surface area contributed by atoms with Gasteiger partial charge in [0, 0.05) is 9.92 Å². The molecule has 0 bridgehead atoms. The van der Waals surface area contributed by atoms with E-state index >= 15 is 0 Å². The van der Waals surface area contributed by atoms with Gasteiger partial charge in [0.15, 0.2) is 0 Å². The van der Waals surface area contributed by atoms with Gasteiger partial charge in [0.05, 0.1) is 16.3 Å². The molecule has 19 heavy (non-hydrogen) atoms. The van der Waals surface area contributed by atoms with Gasteiger partial charge in [-0.15, -0.1) is 12.6 Å². The second-order valence-corrected chi connectivity index (χ2v) is 5.10. The van der Waals surface area contributed by atoms with Crippen LogP contribution in [0.5, 0.6) is 0 Å². The van der Waals surface area contributed by atoms with Crippen LogP contribution in [-0.4, -0.2) is 5.91 Å². The standard InChI is InChI=1S/C13H8Cl2FNOS/c14-7-1-4-11(16)12(5-7)17-13(18)9-6-8(19)2-3-10(9)15/h1-6,19H,(H,17,18). The highest BCUT2D eigenvalue weighted by molar-refractivity contribution is 7.80. The zero-order valence-electron chi connectivity index (χ0n) is 9.45. The minimum absolute atomic E-state index is 0.00173. The van der Waals surface area contributed by atoms with E-state index in [0.29, 0.717) is 9.92 Å². The number of hydrogen-bond donors (Lipinski definition) is 2. The largest absolute Gasteiger partial charge is 0.319 e. The summed E-state index contributed by atoms with van der Waals surface area (Å²) in [6.07, 6.45) is 0. The maximum atomic E-state index is 13.5. The van der Waals surface area contributed by atoms with Gasteiger partial charge in [0.25, 0.3) is 5.91 Å². The molecule has 0 aliphatic rings. The van der Waals surface area contributed by atoms with Gasteiger partial charge in [-0.05, 0) is 36.4 Å². The summed E-state index contributed by atoms with van der Waals surface area (Å²) in [5.74, 6) is -1.10. The van der Waals surface area contributed by atoms with Crippen molar-refractivity contribution in [1.29, 1.82) is 0 Å². The second-order valence-electron chi connectivity index (χ2n) is 3.74. The first-order valence-corrected chi connectivity index (χ1v) is 6.42. The van der Waals surface area contributed by atoms with Crippen LogP contribution < -0.4 is 5.32 Å². The number of carbonyl (C=O) groups excluding carboxylic acids is 1. The summed E-state index contributed by atoms with van der Waals surface area (Å²) in [6, 6.07) is 8.61. The zero-order valence-corrected chi connectivity index (χ0v) is 11.9. The normalized spacial score (nSPS) is 10.3. The predicted molar refractivity (Wildman–Crippen MR) is 78.1 cm³/mol.